The van der Waals surface area contributed by atoms with Crippen LogP contribution in [0.3, 0.4) is 0 Å². The standard InChI is InChI=1S/C18H26N8O6S/c19-11(6-33)15(28)26-14(5-27)17(30)24-12(1-9-3-20-7-22-9)16(29)25-13(18(31)32)2-10-4-21-8-23-10/h3-4,7-8,11-14,27,33H,1-2,5-6,19H2,(H,20,22)(H,21,23)(H,24,30)(H,25,29)(H,26,28)(H,31,32). The SMILES string of the molecule is NC(CS)C(=O)NC(CO)C(=O)NC(Cc1cnc[nH]1)C(=O)NC(Cc1cnc[nH]1)C(=O)O. The largest absolute Gasteiger partial charge is 0.480 e. The van der Waals surface area contributed by atoms with E-state index in [1.807, 2.05) is 0 Å². The van der Waals surface area contributed by atoms with E-state index < -0.39 is 54.5 Å². The van der Waals surface area contributed by atoms with Gasteiger partial charge in [0, 0.05) is 42.4 Å². The predicted molar refractivity (Wildman–Crippen MR) is 117 cm³/mol. The van der Waals surface area contributed by atoms with Gasteiger partial charge in [0.1, 0.15) is 18.1 Å². The predicted octanol–water partition coefficient (Wildman–Crippen LogP) is -3.29. The number of aliphatic hydroxyl groups is 1. The topological polar surface area (TPSA) is 228 Å². The molecule has 180 valence electrons. The fourth-order valence-corrected chi connectivity index (χ4v) is 2.91. The first-order chi connectivity index (χ1) is 15.7. The lowest BCUT2D eigenvalue weighted by molar-refractivity contribution is -0.142. The molecule has 0 radical (unpaired) electrons. The Kier molecular flexibility index (Phi) is 9.84. The second kappa shape index (κ2) is 12.6. The molecule has 15 heteroatoms. The van der Waals surface area contributed by atoms with Gasteiger partial charge in [0.25, 0.3) is 0 Å². The van der Waals surface area contributed by atoms with Gasteiger partial charge in [-0.15, -0.1) is 0 Å². The van der Waals surface area contributed by atoms with E-state index in [9.17, 15) is 29.4 Å². The van der Waals surface area contributed by atoms with Crippen LogP contribution in [-0.2, 0) is 32.0 Å². The zero-order valence-electron chi connectivity index (χ0n) is 17.4. The number of aliphatic carboxylic acids is 1. The van der Waals surface area contributed by atoms with Crippen LogP contribution in [0, 0.1) is 0 Å². The average Bonchev–Trinajstić information content (AvgIpc) is 3.49. The normalized spacial score (nSPS) is 14.5. The summed E-state index contributed by atoms with van der Waals surface area (Å²) in [4.78, 5) is 62.4. The fraction of sp³-hybridized carbons (Fsp3) is 0.444. The first kappa shape index (κ1) is 25.8. The van der Waals surface area contributed by atoms with Gasteiger partial charge in [0.05, 0.1) is 25.3 Å². The zero-order chi connectivity index (χ0) is 24.4. The van der Waals surface area contributed by atoms with Gasteiger partial charge < -0.3 is 41.9 Å². The molecule has 4 unspecified atom stereocenters. The number of thiol groups is 1. The second-order valence-corrected chi connectivity index (χ2v) is 7.42. The monoisotopic (exact) mass is 482 g/mol. The zero-order valence-corrected chi connectivity index (χ0v) is 18.3. The Morgan fingerprint density at radius 1 is 0.909 bits per heavy atom. The molecule has 0 saturated carbocycles. The summed E-state index contributed by atoms with van der Waals surface area (Å²) in [6, 6.07) is -4.94. The molecule has 0 fully saturated rings. The number of aromatic nitrogens is 4. The molecule has 0 aliphatic rings. The number of aromatic amines is 2. The van der Waals surface area contributed by atoms with Crippen molar-refractivity contribution in [1.29, 1.82) is 0 Å². The lowest BCUT2D eigenvalue weighted by atomic mass is 10.1. The number of hydrogen-bond donors (Lipinski definition) is 9. The molecule has 0 saturated heterocycles. The minimum atomic E-state index is -1.39. The maximum absolute atomic E-state index is 12.9. The van der Waals surface area contributed by atoms with Crippen LogP contribution in [0.1, 0.15) is 11.4 Å². The molecule has 2 heterocycles. The summed E-state index contributed by atoms with van der Waals surface area (Å²) in [5.41, 5.74) is 6.53. The van der Waals surface area contributed by atoms with Crippen molar-refractivity contribution in [3.05, 3.63) is 36.4 Å². The number of aliphatic hydroxyl groups excluding tert-OH is 1. The van der Waals surface area contributed by atoms with Crippen molar-refractivity contribution >= 4 is 36.3 Å². The third kappa shape index (κ3) is 7.89. The van der Waals surface area contributed by atoms with Crippen molar-refractivity contribution in [3.63, 3.8) is 0 Å². The summed E-state index contributed by atoms with van der Waals surface area (Å²) in [6.07, 6.45) is 5.48. The molecule has 3 amide bonds. The van der Waals surface area contributed by atoms with Crippen LogP contribution in [0.2, 0.25) is 0 Å². The molecule has 0 bridgehead atoms. The number of carbonyl (C=O) groups is 4. The number of carbonyl (C=O) groups excluding carboxylic acids is 3. The number of H-pyrrole nitrogens is 2. The fourth-order valence-electron chi connectivity index (χ4n) is 2.74. The van der Waals surface area contributed by atoms with Crippen LogP contribution >= 0.6 is 12.6 Å². The van der Waals surface area contributed by atoms with Gasteiger partial charge in [-0.3, -0.25) is 14.4 Å². The minimum absolute atomic E-state index is 0.0172. The highest BCUT2D eigenvalue weighted by Crippen LogP contribution is 2.04. The second-order valence-electron chi connectivity index (χ2n) is 7.06. The average molecular weight is 483 g/mol. The van der Waals surface area contributed by atoms with E-state index in [0.717, 1.165) is 0 Å². The number of amides is 3. The summed E-state index contributed by atoms with van der Waals surface area (Å²) in [5.74, 6) is -3.63. The first-order valence-electron chi connectivity index (χ1n) is 9.80. The molecule has 33 heavy (non-hydrogen) atoms. The van der Waals surface area contributed by atoms with Crippen LogP contribution in [0.5, 0.6) is 0 Å². The summed E-state index contributed by atoms with van der Waals surface area (Å²) in [5, 5.41) is 26.1. The van der Waals surface area contributed by atoms with Crippen molar-refractivity contribution in [1.82, 2.24) is 35.9 Å². The lowest BCUT2D eigenvalue weighted by Crippen LogP contribution is -2.58. The van der Waals surface area contributed by atoms with Crippen molar-refractivity contribution in [3.8, 4) is 0 Å². The molecule has 0 spiro atoms. The third-order valence-electron chi connectivity index (χ3n) is 4.55. The Labute approximate surface area is 193 Å². The van der Waals surface area contributed by atoms with Gasteiger partial charge in [0.2, 0.25) is 17.7 Å². The summed E-state index contributed by atoms with van der Waals surface area (Å²) in [6.45, 7) is -0.757. The molecular weight excluding hydrogens is 456 g/mol. The van der Waals surface area contributed by atoms with Crippen LogP contribution in [-0.4, -0.2) is 90.4 Å². The highest BCUT2D eigenvalue weighted by molar-refractivity contribution is 7.80. The summed E-state index contributed by atoms with van der Waals surface area (Å²) in [7, 11) is 0. The molecule has 0 aliphatic heterocycles. The van der Waals surface area contributed by atoms with Gasteiger partial charge in [0.15, 0.2) is 0 Å². The Morgan fingerprint density at radius 2 is 1.39 bits per heavy atom. The molecule has 0 aromatic carbocycles. The van der Waals surface area contributed by atoms with E-state index in [4.69, 9.17) is 5.73 Å². The Morgan fingerprint density at radius 3 is 1.85 bits per heavy atom. The maximum Gasteiger partial charge on any atom is 0.326 e. The van der Waals surface area contributed by atoms with Crippen LogP contribution in [0.25, 0.3) is 0 Å². The number of imidazole rings is 2. The minimum Gasteiger partial charge on any atom is -0.480 e. The highest BCUT2D eigenvalue weighted by Gasteiger charge is 2.30. The van der Waals surface area contributed by atoms with E-state index in [0.29, 0.717) is 11.4 Å². The van der Waals surface area contributed by atoms with Crippen LogP contribution in [0.4, 0.5) is 0 Å². The van der Waals surface area contributed by atoms with E-state index in [2.05, 4.69) is 48.5 Å². The van der Waals surface area contributed by atoms with Crippen molar-refractivity contribution < 1.29 is 29.4 Å². The summed E-state index contributed by atoms with van der Waals surface area (Å²) < 4.78 is 0. The van der Waals surface area contributed by atoms with Crippen molar-refractivity contribution in [2.75, 3.05) is 12.4 Å². The van der Waals surface area contributed by atoms with Gasteiger partial charge >= 0.3 is 5.97 Å². The third-order valence-corrected chi connectivity index (χ3v) is 4.95. The number of carboxylic acids is 1. The van der Waals surface area contributed by atoms with E-state index in [1.54, 1.807) is 0 Å². The van der Waals surface area contributed by atoms with Crippen LogP contribution < -0.4 is 21.7 Å². The number of nitrogens with two attached hydrogens (primary N) is 1. The number of carboxylic acid groups (broad SMARTS) is 1. The highest BCUT2D eigenvalue weighted by atomic mass is 32.1. The molecule has 2 aromatic rings. The molecule has 2 aromatic heterocycles. The molecule has 2 rings (SSSR count). The van der Waals surface area contributed by atoms with Crippen LogP contribution in [0.15, 0.2) is 25.0 Å². The number of hydrogen-bond acceptors (Lipinski definition) is 9. The van der Waals surface area contributed by atoms with Gasteiger partial charge in [-0.2, -0.15) is 12.6 Å². The quantitative estimate of drug-likeness (QED) is 0.130. The molecule has 14 nitrogen and oxygen atoms in total. The number of nitrogens with zero attached hydrogens (tertiary/aromatic N) is 2. The van der Waals surface area contributed by atoms with Gasteiger partial charge in [-0.1, -0.05) is 0 Å². The van der Waals surface area contributed by atoms with E-state index in [1.165, 1.54) is 25.0 Å². The smallest absolute Gasteiger partial charge is 0.326 e. The Bertz CT molecular complexity index is 923. The molecule has 9 N–H and O–H groups in total. The molecule has 0 aliphatic carbocycles. The van der Waals surface area contributed by atoms with Gasteiger partial charge in [-0.25, -0.2) is 14.8 Å². The first-order valence-corrected chi connectivity index (χ1v) is 10.4. The molecule has 4 atom stereocenters. The lowest BCUT2D eigenvalue weighted by Gasteiger charge is -2.24. The Balaban J connectivity index is 2.13. The van der Waals surface area contributed by atoms with E-state index >= 15 is 0 Å². The summed E-state index contributed by atoms with van der Waals surface area (Å²) >= 11 is 3.90. The number of nitrogens with one attached hydrogen (secondary N) is 5. The Hall–Kier alpha value is -3.43. The van der Waals surface area contributed by atoms with Crippen molar-refractivity contribution in [2.45, 2.75) is 37.0 Å². The molecular formula is C18H26N8O6S. The van der Waals surface area contributed by atoms with E-state index in [-0.39, 0.29) is 18.6 Å². The number of rotatable bonds is 13. The van der Waals surface area contributed by atoms with Crippen molar-refractivity contribution in [2.24, 2.45) is 5.73 Å². The maximum atomic E-state index is 12.9. The van der Waals surface area contributed by atoms with Gasteiger partial charge in [-0.05, 0) is 0 Å².